The molecule has 0 aromatic heterocycles. The molecule has 1 aliphatic rings. The molecule has 8 heteroatoms. The fourth-order valence-corrected chi connectivity index (χ4v) is 4.74. The number of carbonyl (C=O) groups excluding carboxylic acids is 1. The Morgan fingerprint density at radius 1 is 1.11 bits per heavy atom. The van der Waals surface area contributed by atoms with Crippen molar-refractivity contribution in [1.29, 1.82) is 0 Å². The lowest BCUT2D eigenvalue weighted by molar-refractivity contribution is -0.127. The molecular formula is C20H23BrN2O4S. The van der Waals surface area contributed by atoms with Crippen molar-refractivity contribution in [2.75, 3.05) is 13.1 Å². The zero-order valence-corrected chi connectivity index (χ0v) is 18.0. The van der Waals surface area contributed by atoms with Gasteiger partial charge < -0.3 is 10.1 Å². The van der Waals surface area contributed by atoms with Crippen LogP contribution in [0.2, 0.25) is 0 Å². The van der Waals surface area contributed by atoms with E-state index < -0.39 is 16.1 Å². The summed E-state index contributed by atoms with van der Waals surface area (Å²) in [5.74, 6) is 0.374. The molecule has 6 nitrogen and oxygen atoms in total. The first-order chi connectivity index (χ1) is 13.4. The Kier molecular flexibility index (Phi) is 6.74. The Balaban J connectivity index is 1.54. The number of rotatable bonds is 7. The van der Waals surface area contributed by atoms with Crippen molar-refractivity contribution >= 4 is 31.9 Å². The van der Waals surface area contributed by atoms with Crippen LogP contribution in [-0.4, -0.2) is 37.8 Å². The van der Waals surface area contributed by atoms with Gasteiger partial charge in [0.05, 0.1) is 4.90 Å². The van der Waals surface area contributed by atoms with Crippen molar-refractivity contribution in [3.8, 4) is 5.75 Å². The van der Waals surface area contributed by atoms with E-state index in [-0.39, 0.29) is 10.8 Å². The Morgan fingerprint density at radius 2 is 1.71 bits per heavy atom. The quantitative estimate of drug-likeness (QED) is 0.678. The summed E-state index contributed by atoms with van der Waals surface area (Å²) in [5, 5.41) is 2.81. The highest BCUT2D eigenvalue weighted by Crippen LogP contribution is 2.21. The van der Waals surface area contributed by atoms with Crippen molar-refractivity contribution in [2.45, 2.75) is 37.3 Å². The molecule has 3 rings (SSSR count). The molecule has 1 aliphatic heterocycles. The van der Waals surface area contributed by atoms with Gasteiger partial charge in [0.2, 0.25) is 10.0 Å². The molecule has 0 saturated carbocycles. The van der Waals surface area contributed by atoms with Crippen LogP contribution in [0, 0.1) is 0 Å². The highest BCUT2D eigenvalue weighted by Gasteiger charge is 2.26. The maximum Gasteiger partial charge on any atom is 0.261 e. The third-order valence-electron chi connectivity index (χ3n) is 4.59. The molecule has 1 atom stereocenters. The van der Waals surface area contributed by atoms with Crippen LogP contribution in [0.3, 0.4) is 0 Å². The van der Waals surface area contributed by atoms with Gasteiger partial charge in [-0.15, -0.1) is 0 Å². The summed E-state index contributed by atoms with van der Waals surface area (Å²) in [4.78, 5) is 12.5. The molecule has 1 amide bonds. The van der Waals surface area contributed by atoms with Crippen molar-refractivity contribution in [1.82, 2.24) is 9.62 Å². The summed E-state index contributed by atoms with van der Waals surface area (Å²) in [7, 11) is -3.42. The molecule has 1 unspecified atom stereocenters. The van der Waals surface area contributed by atoms with Crippen LogP contribution >= 0.6 is 15.9 Å². The summed E-state index contributed by atoms with van der Waals surface area (Å²) in [6.07, 6.45) is 1.17. The Hall–Kier alpha value is -1.90. The fourth-order valence-electron chi connectivity index (χ4n) is 2.96. The van der Waals surface area contributed by atoms with Gasteiger partial charge in [0.15, 0.2) is 6.10 Å². The zero-order valence-electron chi connectivity index (χ0n) is 15.6. The monoisotopic (exact) mass is 466 g/mol. The minimum Gasteiger partial charge on any atom is -0.481 e. The van der Waals surface area contributed by atoms with Crippen molar-refractivity contribution < 1.29 is 17.9 Å². The number of sulfonamides is 1. The van der Waals surface area contributed by atoms with Crippen LogP contribution in [0.1, 0.15) is 25.3 Å². The number of hydrogen-bond acceptors (Lipinski definition) is 4. The number of nitrogens with one attached hydrogen (secondary N) is 1. The van der Waals surface area contributed by atoms with Crippen LogP contribution in [0.4, 0.5) is 0 Å². The largest absolute Gasteiger partial charge is 0.481 e. The van der Waals surface area contributed by atoms with E-state index in [1.54, 1.807) is 43.3 Å². The number of benzene rings is 2. The van der Waals surface area contributed by atoms with E-state index in [9.17, 15) is 13.2 Å². The third kappa shape index (κ3) is 5.12. The van der Waals surface area contributed by atoms with Gasteiger partial charge in [0, 0.05) is 24.1 Å². The first kappa shape index (κ1) is 20.8. The topological polar surface area (TPSA) is 75.7 Å². The predicted octanol–water partition coefficient (Wildman–Crippen LogP) is 3.32. The summed E-state index contributed by atoms with van der Waals surface area (Å²) in [6.45, 7) is 3.15. The summed E-state index contributed by atoms with van der Waals surface area (Å²) < 4.78 is 33.1. The van der Waals surface area contributed by atoms with E-state index in [4.69, 9.17) is 4.74 Å². The standard InChI is InChI=1S/C20H23BrN2O4S/c1-15(27-18-8-6-17(21)7-9-18)20(24)22-14-16-4-10-19(11-5-16)28(25,26)23-12-2-3-13-23/h4-11,15H,2-3,12-14H2,1H3,(H,22,24). The highest BCUT2D eigenvalue weighted by molar-refractivity contribution is 9.10. The summed E-state index contributed by atoms with van der Waals surface area (Å²) in [5.41, 5.74) is 0.824. The predicted molar refractivity (Wildman–Crippen MR) is 111 cm³/mol. The number of hydrogen-bond donors (Lipinski definition) is 1. The molecular weight excluding hydrogens is 444 g/mol. The third-order valence-corrected chi connectivity index (χ3v) is 7.03. The molecule has 150 valence electrons. The van der Waals surface area contributed by atoms with Gasteiger partial charge in [-0.2, -0.15) is 4.31 Å². The molecule has 1 N–H and O–H groups in total. The lowest BCUT2D eigenvalue weighted by Gasteiger charge is -2.16. The fraction of sp³-hybridized carbons (Fsp3) is 0.350. The van der Waals surface area contributed by atoms with Crippen LogP contribution in [0.25, 0.3) is 0 Å². The van der Waals surface area contributed by atoms with Crippen molar-refractivity contribution in [3.63, 3.8) is 0 Å². The number of nitrogens with zero attached hydrogens (tertiary/aromatic N) is 1. The maximum atomic E-state index is 12.5. The molecule has 0 spiro atoms. The number of halogens is 1. The van der Waals surface area contributed by atoms with Gasteiger partial charge >= 0.3 is 0 Å². The van der Waals surface area contributed by atoms with Gasteiger partial charge in [0.25, 0.3) is 5.91 Å². The second kappa shape index (κ2) is 9.07. The summed E-state index contributed by atoms with van der Waals surface area (Å²) in [6, 6.07) is 13.9. The Morgan fingerprint density at radius 3 is 2.32 bits per heavy atom. The van der Waals surface area contributed by atoms with E-state index in [1.807, 2.05) is 12.1 Å². The normalized spacial score (nSPS) is 15.9. The molecule has 0 aliphatic carbocycles. The van der Waals surface area contributed by atoms with Crippen LogP contribution < -0.4 is 10.1 Å². The van der Waals surface area contributed by atoms with E-state index >= 15 is 0 Å². The van der Waals surface area contributed by atoms with Gasteiger partial charge in [-0.25, -0.2) is 8.42 Å². The lowest BCUT2D eigenvalue weighted by Crippen LogP contribution is -2.35. The Labute approximate surface area is 174 Å². The molecule has 0 radical (unpaired) electrons. The van der Waals surface area contributed by atoms with E-state index in [2.05, 4.69) is 21.2 Å². The van der Waals surface area contributed by atoms with Crippen LogP contribution in [0.15, 0.2) is 57.9 Å². The lowest BCUT2D eigenvalue weighted by atomic mass is 10.2. The molecule has 2 aromatic carbocycles. The second-order valence-corrected chi connectivity index (χ2v) is 9.54. The molecule has 2 aromatic rings. The number of amides is 1. The van der Waals surface area contributed by atoms with Gasteiger partial charge in [0.1, 0.15) is 5.75 Å². The van der Waals surface area contributed by atoms with E-state index in [1.165, 1.54) is 4.31 Å². The molecule has 0 bridgehead atoms. The van der Waals surface area contributed by atoms with E-state index in [0.717, 1.165) is 22.9 Å². The van der Waals surface area contributed by atoms with Crippen molar-refractivity contribution in [3.05, 3.63) is 58.6 Å². The number of ether oxygens (including phenoxy) is 1. The second-order valence-electron chi connectivity index (χ2n) is 6.69. The Bertz CT molecular complexity index is 908. The van der Waals surface area contributed by atoms with E-state index in [0.29, 0.717) is 25.4 Å². The minimum atomic E-state index is -3.42. The smallest absolute Gasteiger partial charge is 0.261 e. The molecule has 1 fully saturated rings. The maximum absolute atomic E-state index is 12.5. The first-order valence-electron chi connectivity index (χ1n) is 9.15. The van der Waals surface area contributed by atoms with Gasteiger partial charge in [-0.3, -0.25) is 4.79 Å². The summed E-state index contributed by atoms with van der Waals surface area (Å²) >= 11 is 3.35. The van der Waals surface area contributed by atoms with Crippen LogP contribution in [-0.2, 0) is 21.4 Å². The molecule has 28 heavy (non-hydrogen) atoms. The zero-order chi connectivity index (χ0) is 20.1. The van der Waals surface area contributed by atoms with Gasteiger partial charge in [-0.1, -0.05) is 28.1 Å². The molecule has 1 saturated heterocycles. The van der Waals surface area contributed by atoms with Crippen molar-refractivity contribution in [2.24, 2.45) is 0 Å². The van der Waals surface area contributed by atoms with Gasteiger partial charge in [-0.05, 0) is 61.7 Å². The highest BCUT2D eigenvalue weighted by atomic mass is 79.9. The average molecular weight is 467 g/mol. The SMILES string of the molecule is CC(Oc1ccc(Br)cc1)C(=O)NCc1ccc(S(=O)(=O)N2CCCC2)cc1. The molecule has 1 heterocycles. The van der Waals surface area contributed by atoms with Crippen LogP contribution in [0.5, 0.6) is 5.75 Å². The minimum absolute atomic E-state index is 0.239. The number of carbonyl (C=O) groups is 1. The average Bonchev–Trinajstić information content (AvgIpc) is 3.24. The first-order valence-corrected chi connectivity index (χ1v) is 11.4.